The predicted octanol–water partition coefficient (Wildman–Crippen LogP) is 12.4. The summed E-state index contributed by atoms with van der Waals surface area (Å²) in [5, 5.41) is 12.0. The number of fused-ring (bicyclic) bond motifs is 6. The van der Waals surface area contributed by atoms with E-state index in [2.05, 4.69) is 170 Å². The third-order valence-electron chi connectivity index (χ3n) is 9.80. The summed E-state index contributed by atoms with van der Waals surface area (Å²) in [7, 11) is 0. The maximum absolute atomic E-state index is 5.17. The molecule has 0 aliphatic rings. The molecule has 0 bridgehead atoms. The monoisotopic (exact) mass is 608 g/mol. The Bertz CT molecular complexity index is 2700. The lowest BCUT2D eigenvalue weighted by Gasteiger charge is -2.16. The zero-order valence-electron chi connectivity index (χ0n) is 26.1. The van der Waals surface area contributed by atoms with Crippen LogP contribution in [0.1, 0.15) is 0 Å². The van der Waals surface area contributed by atoms with Crippen LogP contribution in [0.4, 0.5) is 0 Å². The van der Waals surface area contributed by atoms with Gasteiger partial charge in [-0.15, -0.1) is 0 Å². The van der Waals surface area contributed by atoms with Gasteiger partial charge in [0.25, 0.3) is 0 Å². The number of aromatic nitrogens is 2. The van der Waals surface area contributed by atoms with E-state index in [0.717, 1.165) is 44.3 Å². The van der Waals surface area contributed by atoms with Crippen molar-refractivity contribution in [1.29, 1.82) is 0 Å². The number of rotatable bonds is 3. The minimum absolute atomic E-state index is 0.982. The van der Waals surface area contributed by atoms with Crippen molar-refractivity contribution in [2.75, 3.05) is 0 Å². The second-order valence-electron chi connectivity index (χ2n) is 12.6. The summed E-state index contributed by atoms with van der Waals surface area (Å²) < 4.78 is 0. The third kappa shape index (κ3) is 4.27. The first-order chi connectivity index (χ1) is 23.8. The summed E-state index contributed by atoms with van der Waals surface area (Å²) >= 11 is 0. The highest BCUT2D eigenvalue weighted by Gasteiger charge is 2.15. The Morgan fingerprint density at radius 1 is 0.250 bits per heavy atom. The summed E-state index contributed by atoms with van der Waals surface area (Å²) in [4.78, 5) is 10.3. The van der Waals surface area contributed by atoms with Crippen molar-refractivity contribution in [1.82, 2.24) is 9.97 Å². The van der Waals surface area contributed by atoms with Crippen molar-refractivity contribution in [3.63, 3.8) is 0 Å². The molecular formula is C46H28N2. The number of hydrogen-bond acceptors (Lipinski definition) is 2. The molecule has 48 heavy (non-hydrogen) atoms. The van der Waals surface area contributed by atoms with Gasteiger partial charge in [0.05, 0.1) is 22.4 Å². The van der Waals surface area contributed by atoms with Crippen LogP contribution in [0.3, 0.4) is 0 Å². The van der Waals surface area contributed by atoms with Gasteiger partial charge in [-0.05, 0) is 90.6 Å². The van der Waals surface area contributed by atoms with Crippen molar-refractivity contribution in [3.05, 3.63) is 170 Å². The van der Waals surface area contributed by atoms with Gasteiger partial charge >= 0.3 is 0 Å². The van der Waals surface area contributed by atoms with Crippen LogP contribution in [0.15, 0.2) is 170 Å². The van der Waals surface area contributed by atoms with Gasteiger partial charge in [-0.2, -0.15) is 0 Å². The molecule has 0 fully saturated rings. The minimum atomic E-state index is 0.982. The van der Waals surface area contributed by atoms with Gasteiger partial charge < -0.3 is 0 Å². The van der Waals surface area contributed by atoms with Gasteiger partial charge in [0.15, 0.2) is 0 Å². The lowest BCUT2D eigenvalue weighted by atomic mass is 9.89. The summed E-state index contributed by atoms with van der Waals surface area (Å²) in [6, 6.07) is 61.0. The van der Waals surface area contributed by atoms with Crippen molar-refractivity contribution < 1.29 is 0 Å². The summed E-state index contributed by atoms with van der Waals surface area (Å²) in [5.41, 5.74) is 8.68. The van der Waals surface area contributed by atoms with E-state index < -0.39 is 0 Å². The zero-order valence-corrected chi connectivity index (χ0v) is 26.1. The first-order valence-corrected chi connectivity index (χ1v) is 16.4. The van der Waals surface area contributed by atoms with E-state index in [1.165, 1.54) is 54.2 Å². The molecule has 0 saturated carbocycles. The summed E-state index contributed by atoms with van der Waals surface area (Å²) in [6.45, 7) is 0. The van der Waals surface area contributed by atoms with E-state index >= 15 is 0 Å². The Labute approximate surface area is 277 Å². The quantitative estimate of drug-likeness (QED) is 0.187. The van der Waals surface area contributed by atoms with Crippen molar-refractivity contribution in [3.8, 4) is 33.6 Å². The van der Waals surface area contributed by atoms with Crippen LogP contribution >= 0.6 is 0 Å². The fourth-order valence-corrected chi connectivity index (χ4v) is 7.44. The Morgan fingerprint density at radius 2 is 0.583 bits per heavy atom. The molecule has 0 N–H and O–H groups in total. The second kappa shape index (κ2) is 10.6. The van der Waals surface area contributed by atoms with E-state index in [-0.39, 0.29) is 0 Å². The SMILES string of the molecule is c1ccc2cc3nc(-c4ccc(-c5ccc(-c6ccc7cc8ccccc8cc7n6)c6ccccc56)c5ccccc45)ccc3cc2c1. The van der Waals surface area contributed by atoms with Crippen molar-refractivity contribution in [2.45, 2.75) is 0 Å². The molecule has 2 heteroatoms. The molecular weight excluding hydrogens is 581 g/mol. The first kappa shape index (κ1) is 26.8. The topological polar surface area (TPSA) is 25.8 Å². The maximum atomic E-state index is 5.17. The van der Waals surface area contributed by atoms with Crippen molar-refractivity contribution >= 4 is 64.9 Å². The number of nitrogens with zero attached hydrogens (tertiary/aromatic N) is 2. The Hall–Kier alpha value is -6.38. The molecule has 0 atom stereocenters. The van der Waals surface area contributed by atoms with Crippen LogP contribution in [0.5, 0.6) is 0 Å². The van der Waals surface area contributed by atoms with E-state index in [0.29, 0.717) is 0 Å². The first-order valence-electron chi connectivity index (χ1n) is 16.4. The van der Waals surface area contributed by atoms with Crippen molar-refractivity contribution in [2.24, 2.45) is 0 Å². The van der Waals surface area contributed by atoms with Gasteiger partial charge in [-0.25, -0.2) is 9.97 Å². The van der Waals surface area contributed by atoms with Gasteiger partial charge in [-0.1, -0.05) is 133 Å². The Kier molecular flexibility index (Phi) is 5.91. The number of hydrogen-bond donors (Lipinski definition) is 0. The lowest BCUT2D eigenvalue weighted by Crippen LogP contribution is -1.92. The molecule has 0 unspecified atom stereocenters. The average Bonchev–Trinajstić information content (AvgIpc) is 3.15. The number of benzene rings is 8. The molecule has 222 valence electrons. The molecule has 0 saturated heterocycles. The largest absolute Gasteiger partial charge is 0.248 e. The van der Waals surface area contributed by atoms with Crippen LogP contribution in [0.2, 0.25) is 0 Å². The van der Waals surface area contributed by atoms with Gasteiger partial charge in [0.1, 0.15) is 0 Å². The van der Waals surface area contributed by atoms with Crippen LogP contribution < -0.4 is 0 Å². The highest BCUT2D eigenvalue weighted by Crippen LogP contribution is 2.41. The summed E-state index contributed by atoms with van der Waals surface area (Å²) in [5.74, 6) is 0. The molecule has 2 aromatic heterocycles. The third-order valence-corrected chi connectivity index (χ3v) is 9.80. The maximum Gasteiger partial charge on any atom is 0.0715 e. The van der Waals surface area contributed by atoms with E-state index in [1.807, 2.05) is 0 Å². The van der Waals surface area contributed by atoms with Crippen LogP contribution in [-0.4, -0.2) is 9.97 Å². The van der Waals surface area contributed by atoms with Crippen LogP contribution in [-0.2, 0) is 0 Å². The Balaban J connectivity index is 1.12. The molecule has 0 radical (unpaired) electrons. The fourth-order valence-electron chi connectivity index (χ4n) is 7.44. The standard InChI is InChI=1S/C46H28N2/c1-3-11-31-27-45-33(25-29(31)9-1)17-23-43(47-45)41-21-19-39(35-13-5-7-15-37(35)41)40-20-22-42(38-16-8-6-14-36(38)40)44-24-18-34-26-30-10-2-4-12-32(30)28-46(34)48-44/h1-28H. The van der Waals surface area contributed by atoms with E-state index in [4.69, 9.17) is 9.97 Å². The van der Waals surface area contributed by atoms with E-state index in [1.54, 1.807) is 0 Å². The molecule has 0 spiro atoms. The highest BCUT2D eigenvalue weighted by molar-refractivity contribution is 6.12. The normalized spacial score (nSPS) is 11.8. The molecule has 8 aromatic carbocycles. The average molecular weight is 609 g/mol. The number of pyridine rings is 2. The van der Waals surface area contributed by atoms with E-state index in [9.17, 15) is 0 Å². The molecule has 0 amide bonds. The second-order valence-corrected chi connectivity index (χ2v) is 12.6. The molecule has 0 aliphatic heterocycles. The van der Waals surface area contributed by atoms with Gasteiger partial charge in [0.2, 0.25) is 0 Å². The van der Waals surface area contributed by atoms with Gasteiger partial charge in [-0.3, -0.25) is 0 Å². The van der Waals surface area contributed by atoms with Crippen LogP contribution in [0, 0.1) is 0 Å². The molecule has 0 aliphatic carbocycles. The fraction of sp³-hybridized carbons (Fsp3) is 0. The molecule has 2 nitrogen and oxygen atoms in total. The predicted molar refractivity (Wildman–Crippen MR) is 203 cm³/mol. The highest BCUT2D eigenvalue weighted by atomic mass is 14.7. The zero-order chi connectivity index (χ0) is 31.6. The van der Waals surface area contributed by atoms with Crippen LogP contribution in [0.25, 0.3) is 98.5 Å². The Morgan fingerprint density at radius 3 is 1.00 bits per heavy atom. The lowest BCUT2D eigenvalue weighted by molar-refractivity contribution is 1.41. The smallest absolute Gasteiger partial charge is 0.0715 e. The van der Waals surface area contributed by atoms with Gasteiger partial charge in [0, 0.05) is 21.9 Å². The molecule has 10 rings (SSSR count). The minimum Gasteiger partial charge on any atom is -0.248 e. The summed E-state index contributed by atoms with van der Waals surface area (Å²) in [6.07, 6.45) is 0. The molecule has 10 aromatic rings. The molecule has 2 heterocycles.